The van der Waals surface area contributed by atoms with Gasteiger partial charge in [-0.15, -0.1) is 0 Å². The van der Waals surface area contributed by atoms with E-state index in [-0.39, 0.29) is 24.7 Å². The number of allylic oxidation sites excluding steroid dienone is 2. The van der Waals surface area contributed by atoms with Crippen LogP contribution in [0, 0.1) is 47.0 Å². The van der Waals surface area contributed by atoms with Gasteiger partial charge >= 0.3 is 12.2 Å². The number of hydrogen-bond donors (Lipinski definition) is 0. The first-order chi connectivity index (χ1) is 19.5. The average molecular weight is 593 g/mol. The Kier molecular flexibility index (Phi) is 11.1. The van der Waals surface area contributed by atoms with Crippen molar-refractivity contribution in [1.82, 2.24) is 0 Å². The van der Waals surface area contributed by atoms with E-state index in [2.05, 4.69) is 23.8 Å². The van der Waals surface area contributed by atoms with Gasteiger partial charge in [-0.1, -0.05) is 38.3 Å². The molecular formula is C32H43F7O2. The first-order valence-corrected chi connectivity index (χ1v) is 15.4. The number of unbranched alkanes of at least 4 members (excludes halogenated alkanes) is 1. The van der Waals surface area contributed by atoms with Crippen LogP contribution < -0.4 is 4.74 Å². The Morgan fingerprint density at radius 1 is 0.707 bits per heavy atom. The SMILES string of the molecule is CCCCC1CCC(C(F)(F)OC2CCC(/C=C/C3CCC(C(F)(F)Oc4cc(F)c(F)c(F)c4)CC3)CC2)CC1. The van der Waals surface area contributed by atoms with E-state index in [0.29, 0.717) is 56.6 Å². The normalized spacial score (nSPS) is 30.0. The van der Waals surface area contributed by atoms with Gasteiger partial charge in [-0.05, 0) is 94.8 Å². The van der Waals surface area contributed by atoms with Crippen LogP contribution in [-0.4, -0.2) is 18.3 Å². The topological polar surface area (TPSA) is 18.5 Å². The molecule has 0 aliphatic heterocycles. The van der Waals surface area contributed by atoms with Gasteiger partial charge in [0.2, 0.25) is 0 Å². The van der Waals surface area contributed by atoms with E-state index in [1.807, 2.05) is 0 Å². The number of hydrogen-bond acceptors (Lipinski definition) is 2. The molecule has 0 atom stereocenters. The van der Waals surface area contributed by atoms with Crippen molar-refractivity contribution in [2.75, 3.05) is 0 Å². The minimum absolute atomic E-state index is 0.119. The standard InChI is InChI=1S/C32H43F7O2/c1-2-3-4-21-7-13-24(14-8-21)31(36,37)40-26-17-11-23(12-18-26)6-5-22-9-15-25(16-10-22)32(38,39)41-27-19-28(33)30(35)29(34)20-27/h5-6,19-26H,2-4,7-18H2,1H3/b6-5+. The fraction of sp³-hybridized carbons (Fsp3) is 0.750. The molecule has 3 aliphatic rings. The van der Waals surface area contributed by atoms with Crippen molar-refractivity contribution in [3.63, 3.8) is 0 Å². The van der Waals surface area contributed by atoms with Crippen molar-refractivity contribution in [3.8, 4) is 5.75 Å². The van der Waals surface area contributed by atoms with Gasteiger partial charge in [0, 0.05) is 12.1 Å². The molecule has 0 N–H and O–H groups in total. The minimum atomic E-state index is -3.64. The zero-order chi connectivity index (χ0) is 29.6. The second-order valence-corrected chi connectivity index (χ2v) is 12.4. The summed E-state index contributed by atoms with van der Waals surface area (Å²) in [6.07, 6.45) is 7.26. The van der Waals surface area contributed by atoms with Crippen LogP contribution in [0.15, 0.2) is 24.3 Å². The van der Waals surface area contributed by atoms with Crippen LogP contribution in [0.4, 0.5) is 30.7 Å². The van der Waals surface area contributed by atoms with E-state index in [1.54, 1.807) is 0 Å². The number of rotatable bonds is 11. The molecule has 1 aromatic rings. The van der Waals surface area contributed by atoms with E-state index in [0.717, 1.165) is 44.9 Å². The van der Waals surface area contributed by atoms with Gasteiger partial charge in [-0.2, -0.15) is 17.6 Å². The van der Waals surface area contributed by atoms with Gasteiger partial charge in [0.25, 0.3) is 0 Å². The molecule has 2 nitrogen and oxygen atoms in total. The molecule has 0 unspecified atom stereocenters. The first kappa shape index (κ1) is 32.2. The van der Waals surface area contributed by atoms with Crippen LogP contribution in [0.5, 0.6) is 5.75 Å². The average Bonchev–Trinajstić information content (AvgIpc) is 2.94. The second kappa shape index (κ2) is 14.1. The van der Waals surface area contributed by atoms with Crippen molar-refractivity contribution < 1.29 is 40.2 Å². The Labute approximate surface area is 239 Å². The molecular weight excluding hydrogens is 549 g/mol. The van der Waals surface area contributed by atoms with Gasteiger partial charge in [0.1, 0.15) is 5.75 Å². The lowest BCUT2D eigenvalue weighted by Crippen LogP contribution is -2.39. The van der Waals surface area contributed by atoms with Crippen LogP contribution in [0.25, 0.3) is 0 Å². The number of halogens is 7. The van der Waals surface area contributed by atoms with Gasteiger partial charge in [0.05, 0.1) is 17.9 Å². The molecule has 4 rings (SSSR count). The molecule has 3 saturated carbocycles. The lowest BCUT2D eigenvalue weighted by atomic mass is 9.79. The van der Waals surface area contributed by atoms with Crippen LogP contribution in [0.3, 0.4) is 0 Å². The lowest BCUT2D eigenvalue weighted by molar-refractivity contribution is -0.301. The predicted molar refractivity (Wildman–Crippen MR) is 143 cm³/mol. The highest BCUT2D eigenvalue weighted by atomic mass is 19.3. The monoisotopic (exact) mass is 592 g/mol. The van der Waals surface area contributed by atoms with E-state index in [4.69, 9.17) is 4.74 Å². The first-order valence-electron chi connectivity index (χ1n) is 15.4. The summed E-state index contributed by atoms with van der Waals surface area (Å²) in [6, 6.07) is 0.836. The highest BCUT2D eigenvalue weighted by Crippen LogP contribution is 2.44. The van der Waals surface area contributed by atoms with E-state index in [1.165, 1.54) is 0 Å². The second-order valence-electron chi connectivity index (χ2n) is 12.4. The summed E-state index contributed by atoms with van der Waals surface area (Å²) in [6.45, 7) is 2.15. The summed E-state index contributed by atoms with van der Waals surface area (Å²) in [4.78, 5) is 0. The van der Waals surface area contributed by atoms with Crippen LogP contribution in [-0.2, 0) is 4.74 Å². The highest BCUT2D eigenvalue weighted by molar-refractivity contribution is 5.25. The van der Waals surface area contributed by atoms with E-state index < -0.39 is 53.4 Å². The molecule has 0 bridgehead atoms. The minimum Gasteiger partial charge on any atom is -0.432 e. The Bertz CT molecular complexity index is 967. The smallest absolute Gasteiger partial charge is 0.400 e. The summed E-state index contributed by atoms with van der Waals surface area (Å²) >= 11 is 0. The fourth-order valence-corrected chi connectivity index (χ4v) is 6.79. The molecule has 0 aromatic heterocycles. The van der Waals surface area contributed by atoms with E-state index >= 15 is 0 Å². The molecule has 1 aromatic carbocycles. The van der Waals surface area contributed by atoms with Gasteiger partial charge in [0.15, 0.2) is 17.5 Å². The summed E-state index contributed by atoms with van der Waals surface area (Å²) in [7, 11) is 0. The van der Waals surface area contributed by atoms with Crippen molar-refractivity contribution >= 4 is 0 Å². The van der Waals surface area contributed by atoms with Gasteiger partial charge < -0.3 is 9.47 Å². The molecule has 3 fully saturated rings. The van der Waals surface area contributed by atoms with Gasteiger partial charge in [-0.25, -0.2) is 13.2 Å². The highest BCUT2D eigenvalue weighted by Gasteiger charge is 2.45. The van der Waals surface area contributed by atoms with E-state index in [9.17, 15) is 30.7 Å². The maximum absolute atomic E-state index is 14.9. The molecule has 0 heterocycles. The predicted octanol–water partition coefficient (Wildman–Crippen LogP) is 10.6. The summed E-state index contributed by atoms with van der Waals surface area (Å²) in [5, 5.41) is 0. The molecule has 0 radical (unpaired) electrons. The fourth-order valence-electron chi connectivity index (χ4n) is 6.79. The third-order valence-electron chi connectivity index (χ3n) is 9.44. The number of benzene rings is 1. The number of ether oxygens (including phenoxy) is 2. The van der Waals surface area contributed by atoms with Crippen molar-refractivity contribution in [3.05, 3.63) is 41.7 Å². The maximum Gasteiger partial charge on any atom is 0.400 e. The molecule has 0 spiro atoms. The quantitative estimate of drug-likeness (QED) is 0.145. The molecule has 9 heteroatoms. The molecule has 232 valence electrons. The lowest BCUT2D eigenvalue weighted by Gasteiger charge is -2.37. The van der Waals surface area contributed by atoms with Crippen molar-refractivity contribution in [2.24, 2.45) is 29.6 Å². The summed E-state index contributed by atoms with van der Waals surface area (Å²) in [5.74, 6) is -6.52. The zero-order valence-corrected chi connectivity index (χ0v) is 23.8. The Balaban J connectivity index is 1.16. The van der Waals surface area contributed by atoms with Gasteiger partial charge in [-0.3, -0.25) is 0 Å². The van der Waals surface area contributed by atoms with Crippen LogP contribution in [0.1, 0.15) is 103 Å². The number of alkyl halides is 4. The maximum atomic E-state index is 14.9. The Hall–Kier alpha value is -1.77. The third-order valence-corrected chi connectivity index (χ3v) is 9.44. The van der Waals surface area contributed by atoms with Crippen LogP contribution in [0.2, 0.25) is 0 Å². The molecule has 0 saturated heterocycles. The Morgan fingerprint density at radius 2 is 1.20 bits per heavy atom. The van der Waals surface area contributed by atoms with Crippen molar-refractivity contribution in [1.29, 1.82) is 0 Å². The molecule has 41 heavy (non-hydrogen) atoms. The third kappa shape index (κ3) is 8.87. The van der Waals surface area contributed by atoms with Crippen LogP contribution >= 0.6 is 0 Å². The molecule has 3 aliphatic carbocycles. The largest absolute Gasteiger partial charge is 0.432 e. The Morgan fingerprint density at radius 3 is 1.73 bits per heavy atom. The zero-order valence-electron chi connectivity index (χ0n) is 23.8. The van der Waals surface area contributed by atoms with Crippen molar-refractivity contribution in [2.45, 2.75) is 122 Å². The summed E-state index contributed by atoms with van der Waals surface area (Å²) in [5.41, 5.74) is 0. The molecule has 0 amide bonds. The summed E-state index contributed by atoms with van der Waals surface area (Å²) < 4.78 is 109.